The highest BCUT2D eigenvalue weighted by atomic mass is 31.2. The lowest BCUT2D eigenvalue weighted by molar-refractivity contribution is 0.172. The first kappa shape index (κ1) is 15.6. The van der Waals surface area contributed by atoms with Gasteiger partial charge in [-0.2, -0.15) is 0 Å². The van der Waals surface area contributed by atoms with Crippen LogP contribution in [0.3, 0.4) is 0 Å². The third-order valence-corrected chi connectivity index (χ3v) is 1.31. The van der Waals surface area contributed by atoms with Crippen LogP contribution in [0.1, 0.15) is 0 Å². The lowest BCUT2D eigenvalue weighted by atomic mass is 10.3. The minimum Gasteiger partial charge on any atom is -0.410 e. The van der Waals surface area contributed by atoms with E-state index in [2.05, 4.69) is 0 Å². The summed E-state index contributed by atoms with van der Waals surface area (Å²) < 4.78 is 13.8. The number of amides is 1. The van der Waals surface area contributed by atoms with Crippen LogP contribution in [0.2, 0.25) is 0 Å². The average Bonchev–Trinajstić information content (AvgIpc) is 2.16. The van der Waals surface area contributed by atoms with E-state index >= 15 is 0 Å². The summed E-state index contributed by atoms with van der Waals surface area (Å²) in [7, 11) is -1.35. The first-order chi connectivity index (χ1) is 7.70. The van der Waals surface area contributed by atoms with Crippen LogP contribution in [-0.4, -0.2) is 39.8 Å². The van der Waals surface area contributed by atoms with Gasteiger partial charge < -0.3 is 24.3 Å². The number of hydrogen-bond donors (Lipinski definition) is 3. The highest BCUT2D eigenvalue weighted by Gasteiger charge is 2.04. The molecule has 0 aliphatic carbocycles. The maximum Gasteiger partial charge on any atom is 0.466 e. The second kappa shape index (κ2) is 7.03. The number of phosphoric acid groups is 1. The zero-order valence-electron chi connectivity index (χ0n) is 9.35. The summed E-state index contributed by atoms with van der Waals surface area (Å²) in [5.74, 6) is 0.566. The highest BCUT2D eigenvalue weighted by Crippen LogP contribution is 2.25. The fraction of sp³-hybridized carbons (Fsp3) is 0.222. The van der Waals surface area contributed by atoms with Gasteiger partial charge in [-0.15, -0.1) is 0 Å². The maximum absolute atomic E-state index is 11.0. The SMILES string of the molecule is CN(C)C(=O)Oc1ccccc1.O=P(O)(O)O. The molecular weight excluding hydrogens is 249 g/mol. The molecule has 0 bridgehead atoms. The minimum atomic E-state index is -4.64. The first-order valence-corrected chi connectivity index (χ1v) is 5.99. The molecule has 1 aromatic rings. The molecule has 0 heterocycles. The summed E-state index contributed by atoms with van der Waals surface area (Å²) in [4.78, 5) is 34.0. The van der Waals surface area contributed by atoms with Crippen LogP contribution < -0.4 is 4.74 Å². The van der Waals surface area contributed by atoms with Gasteiger partial charge in [0.15, 0.2) is 0 Å². The van der Waals surface area contributed by atoms with Crippen LogP contribution in [-0.2, 0) is 4.57 Å². The quantitative estimate of drug-likeness (QED) is 0.647. The molecule has 0 atom stereocenters. The predicted molar refractivity (Wildman–Crippen MR) is 60.4 cm³/mol. The van der Waals surface area contributed by atoms with E-state index in [9.17, 15) is 4.79 Å². The van der Waals surface area contributed by atoms with E-state index in [-0.39, 0.29) is 6.09 Å². The summed E-state index contributed by atoms with van der Waals surface area (Å²) in [6.45, 7) is 0. The van der Waals surface area contributed by atoms with Gasteiger partial charge in [0.2, 0.25) is 0 Å². The van der Waals surface area contributed by atoms with Crippen molar-refractivity contribution in [1.82, 2.24) is 4.90 Å². The number of ether oxygens (including phenoxy) is 1. The van der Waals surface area contributed by atoms with Gasteiger partial charge in [-0.05, 0) is 12.1 Å². The van der Waals surface area contributed by atoms with Gasteiger partial charge in [0, 0.05) is 14.1 Å². The van der Waals surface area contributed by atoms with Crippen molar-refractivity contribution in [2.45, 2.75) is 0 Å². The summed E-state index contributed by atoms with van der Waals surface area (Å²) in [6, 6.07) is 8.98. The van der Waals surface area contributed by atoms with Gasteiger partial charge in [0.05, 0.1) is 0 Å². The fourth-order valence-corrected chi connectivity index (χ4v) is 0.681. The second-order valence-corrected chi connectivity index (χ2v) is 4.12. The predicted octanol–water partition coefficient (Wildman–Crippen LogP) is 0.818. The number of carbonyl (C=O) groups excluding carboxylic acids is 1. The zero-order valence-corrected chi connectivity index (χ0v) is 10.2. The molecule has 1 amide bonds. The van der Waals surface area contributed by atoms with Gasteiger partial charge in [-0.1, -0.05) is 18.2 Å². The Hall–Kier alpha value is -1.40. The normalized spacial score (nSPS) is 9.94. The van der Waals surface area contributed by atoms with Crippen molar-refractivity contribution in [3.05, 3.63) is 30.3 Å². The fourth-order valence-electron chi connectivity index (χ4n) is 0.681. The Bertz CT molecular complexity index is 379. The Morgan fingerprint density at radius 2 is 1.59 bits per heavy atom. The van der Waals surface area contributed by atoms with Crippen molar-refractivity contribution in [3.8, 4) is 5.75 Å². The number of para-hydroxylation sites is 1. The van der Waals surface area contributed by atoms with Gasteiger partial charge in [-0.3, -0.25) is 0 Å². The topological polar surface area (TPSA) is 107 Å². The highest BCUT2D eigenvalue weighted by molar-refractivity contribution is 7.45. The largest absolute Gasteiger partial charge is 0.466 e. The lowest BCUT2D eigenvalue weighted by Gasteiger charge is -2.09. The monoisotopic (exact) mass is 263 g/mol. The van der Waals surface area contributed by atoms with E-state index in [1.807, 2.05) is 18.2 Å². The molecule has 0 fully saturated rings. The maximum atomic E-state index is 11.0. The van der Waals surface area contributed by atoms with Crippen LogP contribution in [0.4, 0.5) is 4.79 Å². The number of nitrogens with zero attached hydrogens (tertiary/aromatic N) is 1. The number of benzene rings is 1. The molecule has 1 rings (SSSR count). The van der Waals surface area contributed by atoms with Gasteiger partial charge >= 0.3 is 13.9 Å². The van der Waals surface area contributed by atoms with Crippen LogP contribution in [0.5, 0.6) is 5.75 Å². The molecule has 0 aromatic heterocycles. The molecule has 8 heteroatoms. The summed E-state index contributed by atoms with van der Waals surface area (Å²) in [6.07, 6.45) is -0.360. The van der Waals surface area contributed by atoms with Crippen molar-refractivity contribution >= 4 is 13.9 Å². The van der Waals surface area contributed by atoms with Crippen LogP contribution in [0, 0.1) is 0 Å². The molecular formula is C9H14NO6P. The molecule has 0 radical (unpaired) electrons. The standard InChI is InChI=1S/C9H11NO2.H3O4P/c1-10(2)9(11)12-8-6-4-3-5-7-8;1-5(2,3)4/h3-7H,1-2H3;(H3,1,2,3,4). The van der Waals surface area contributed by atoms with E-state index in [1.165, 1.54) is 4.90 Å². The Labute approximate surface area is 98.5 Å². The molecule has 7 nitrogen and oxygen atoms in total. The molecule has 0 aliphatic heterocycles. The van der Waals surface area contributed by atoms with Crippen LogP contribution in [0.25, 0.3) is 0 Å². The zero-order chi connectivity index (χ0) is 13.5. The average molecular weight is 263 g/mol. The minimum absolute atomic E-state index is 0.360. The van der Waals surface area contributed by atoms with Gasteiger partial charge in [0.1, 0.15) is 5.75 Å². The number of rotatable bonds is 1. The van der Waals surface area contributed by atoms with E-state index in [4.69, 9.17) is 24.0 Å². The van der Waals surface area contributed by atoms with Gasteiger partial charge in [-0.25, -0.2) is 9.36 Å². The van der Waals surface area contributed by atoms with Crippen molar-refractivity contribution in [2.24, 2.45) is 0 Å². The van der Waals surface area contributed by atoms with E-state index < -0.39 is 7.82 Å². The summed E-state index contributed by atoms with van der Waals surface area (Å²) >= 11 is 0. The van der Waals surface area contributed by atoms with Crippen LogP contribution >= 0.6 is 7.82 Å². The molecule has 96 valence electrons. The third-order valence-electron chi connectivity index (χ3n) is 1.31. The lowest BCUT2D eigenvalue weighted by Crippen LogP contribution is -2.25. The van der Waals surface area contributed by atoms with E-state index in [0.29, 0.717) is 5.75 Å². The van der Waals surface area contributed by atoms with Gasteiger partial charge in [0.25, 0.3) is 0 Å². The van der Waals surface area contributed by atoms with Crippen molar-refractivity contribution in [3.63, 3.8) is 0 Å². The summed E-state index contributed by atoms with van der Waals surface area (Å²) in [5, 5.41) is 0. The molecule has 17 heavy (non-hydrogen) atoms. The molecule has 3 N–H and O–H groups in total. The van der Waals surface area contributed by atoms with E-state index in [1.54, 1.807) is 26.2 Å². The molecule has 0 saturated heterocycles. The molecule has 0 aliphatic rings. The van der Waals surface area contributed by atoms with E-state index in [0.717, 1.165) is 0 Å². The Balaban J connectivity index is 0.000000437. The Kier molecular flexibility index (Phi) is 6.45. The smallest absolute Gasteiger partial charge is 0.410 e. The number of hydrogen-bond acceptors (Lipinski definition) is 3. The summed E-state index contributed by atoms with van der Waals surface area (Å²) in [5.41, 5.74) is 0. The van der Waals surface area contributed by atoms with Crippen molar-refractivity contribution in [2.75, 3.05) is 14.1 Å². The molecule has 0 unspecified atom stereocenters. The van der Waals surface area contributed by atoms with Crippen molar-refractivity contribution in [1.29, 1.82) is 0 Å². The third kappa shape index (κ3) is 10.9. The Morgan fingerprint density at radius 3 is 1.94 bits per heavy atom. The molecule has 1 aromatic carbocycles. The number of carbonyl (C=O) groups is 1. The Morgan fingerprint density at radius 1 is 1.18 bits per heavy atom. The van der Waals surface area contributed by atoms with Crippen molar-refractivity contribution < 1.29 is 28.8 Å². The second-order valence-electron chi connectivity index (χ2n) is 3.09. The first-order valence-electron chi connectivity index (χ1n) is 4.42. The van der Waals surface area contributed by atoms with Crippen LogP contribution in [0.15, 0.2) is 30.3 Å². The molecule has 0 spiro atoms. The molecule has 0 saturated carbocycles.